The van der Waals surface area contributed by atoms with Gasteiger partial charge in [0.1, 0.15) is 0 Å². The van der Waals surface area contributed by atoms with Crippen LogP contribution in [0.2, 0.25) is 10.0 Å². The molecule has 5 nitrogen and oxygen atoms in total. The lowest BCUT2D eigenvalue weighted by Crippen LogP contribution is -2.20. The number of rotatable bonds is 5. The van der Waals surface area contributed by atoms with Gasteiger partial charge in [-0.2, -0.15) is 0 Å². The summed E-state index contributed by atoms with van der Waals surface area (Å²) in [6.45, 7) is 1.78. The molecule has 0 aliphatic rings. The Kier molecular flexibility index (Phi) is 5.60. The van der Waals surface area contributed by atoms with Crippen molar-refractivity contribution >= 4 is 40.8 Å². The molecule has 4 N–H and O–H groups in total. The molecule has 7 heteroatoms. The molecule has 0 heterocycles. The summed E-state index contributed by atoms with van der Waals surface area (Å²) in [7, 11) is 0. The van der Waals surface area contributed by atoms with E-state index >= 15 is 0 Å². The van der Waals surface area contributed by atoms with Crippen LogP contribution in [0.15, 0.2) is 12.1 Å². The van der Waals surface area contributed by atoms with Gasteiger partial charge in [0.15, 0.2) is 0 Å². The Morgan fingerprint density at radius 1 is 1.42 bits per heavy atom. The third-order valence-electron chi connectivity index (χ3n) is 2.38. The van der Waals surface area contributed by atoms with Crippen molar-refractivity contribution in [3.8, 4) is 0 Å². The van der Waals surface area contributed by atoms with Crippen LogP contribution in [-0.2, 0) is 4.79 Å². The Hall–Kier alpha value is -1.30. The van der Waals surface area contributed by atoms with Gasteiger partial charge in [-0.25, -0.2) is 4.79 Å². The third-order valence-corrected chi connectivity index (χ3v) is 2.89. The molecule has 0 spiro atoms. The number of carbonyl (C=O) groups is 2. The lowest BCUT2D eigenvalue weighted by Gasteiger charge is -2.11. The van der Waals surface area contributed by atoms with Crippen molar-refractivity contribution in [2.45, 2.75) is 25.8 Å². The van der Waals surface area contributed by atoms with Crippen LogP contribution >= 0.6 is 23.2 Å². The Morgan fingerprint density at radius 2 is 2.05 bits per heavy atom. The summed E-state index contributed by atoms with van der Waals surface area (Å²) in [5.74, 6) is -1.56. The number of aromatic carboxylic acids is 1. The third kappa shape index (κ3) is 4.70. The summed E-state index contributed by atoms with van der Waals surface area (Å²) in [5, 5.41) is 11.8. The van der Waals surface area contributed by atoms with Crippen LogP contribution in [0.3, 0.4) is 0 Å². The smallest absolute Gasteiger partial charge is 0.337 e. The molecule has 0 aromatic heterocycles. The molecule has 1 aromatic carbocycles. The van der Waals surface area contributed by atoms with Crippen molar-refractivity contribution in [2.75, 3.05) is 5.32 Å². The van der Waals surface area contributed by atoms with Gasteiger partial charge in [-0.1, -0.05) is 23.2 Å². The summed E-state index contributed by atoms with van der Waals surface area (Å²) in [4.78, 5) is 22.8. The van der Waals surface area contributed by atoms with Gasteiger partial charge < -0.3 is 16.2 Å². The number of anilines is 1. The Morgan fingerprint density at radius 3 is 2.58 bits per heavy atom. The fourth-order valence-electron chi connectivity index (χ4n) is 1.43. The normalized spacial score (nSPS) is 12.0. The van der Waals surface area contributed by atoms with Crippen LogP contribution in [-0.4, -0.2) is 23.0 Å². The minimum atomic E-state index is -1.22. The molecule has 0 fully saturated rings. The summed E-state index contributed by atoms with van der Waals surface area (Å²) in [5.41, 5.74) is 5.45. The lowest BCUT2D eigenvalue weighted by atomic mass is 10.1. The molecule has 0 bridgehead atoms. The van der Waals surface area contributed by atoms with Gasteiger partial charge >= 0.3 is 5.97 Å². The van der Waals surface area contributed by atoms with E-state index in [4.69, 9.17) is 34.0 Å². The van der Waals surface area contributed by atoms with Crippen molar-refractivity contribution in [1.82, 2.24) is 0 Å². The van der Waals surface area contributed by atoms with Gasteiger partial charge in [-0.3, -0.25) is 4.79 Å². The van der Waals surface area contributed by atoms with Gasteiger partial charge in [0.25, 0.3) is 0 Å². The molecule has 104 valence electrons. The maximum absolute atomic E-state index is 11.7. The second kappa shape index (κ2) is 6.75. The summed E-state index contributed by atoms with van der Waals surface area (Å²) in [6.07, 6.45) is 0.690. The van der Waals surface area contributed by atoms with Crippen molar-refractivity contribution in [3.63, 3.8) is 0 Å². The number of nitrogens with one attached hydrogen (secondary N) is 1. The van der Waals surface area contributed by atoms with Crippen molar-refractivity contribution < 1.29 is 14.7 Å². The number of carboxylic acid groups (broad SMARTS) is 1. The van der Waals surface area contributed by atoms with Crippen LogP contribution in [0, 0.1) is 0 Å². The molecule has 0 saturated heterocycles. The molecule has 0 saturated carbocycles. The minimum Gasteiger partial charge on any atom is -0.478 e. The minimum absolute atomic E-state index is 0.0493. The molecule has 1 atom stereocenters. The van der Waals surface area contributed by atoms with Crippen molar-refractivity contribution in [2.24, 2.45) is 5.73 Å². The van der Waals surface area contributed by atoms with Crippen LogP contribution in [0.5, 0.6) is 0 Å². The highest BCUT2D eigenvalue weighted by molar-refractivity contribution is 6.37. The van der Waals surface area contributed by atoms with Crippen LogP contribution < -0.4 is 11.1 Å². The summed E-state index contributed by atoms with van der Waals surface area (Å²) < 4.78 is 0. The molecule has 1 rings (SSSR count). The number of halogens is 2. The number of carbonyl (C=O) groups excluding carboxylic acids is 1. The first-order valence-corrected chi connectivity index (χ1v) is 6.34. The van der Waals surface area contributed by atoms with E-state index < -0.39 is 5.97 Å². The number of amides is 1. The maximum Gasteiger partial charge on any atom is 0.337 e. The number of hydrogen-bond donors (Lipinski definition) is 3. The van der Waals surface area contributed by atoms with Gasteiger partial charge in [0.2, 0.25) is 5.91 Å². The average Bonchev–Trinajstić information content (AvgIpc) is 2.29. The van der Waals surface area contributed by atoms with Gasteiger partial charge in [0.05, 0.1) is 16.3 Å². The first kappa shape index (κ1) is 15.8. The fourth-order valence-corrected chi connectivity index (χ4v) is 1.97. The molecule has 19 heavy (non-hydrogen) atoms. The standard InChI is InChI=1S/C12H14Cl2N2O3/c1-6(15)2-3-10(17)16-11-8(12(18)19)4-7(13)5-9(11)14/h4-6H,2-3,15H2,1H3,(H,16,17)(H,18,19). The number of carboxylic acids is 1. The molecule has 1 unspecified atom stereocenters. The molecule has 1 aromatic rings. The van der Waals surface area contributed by atoms with Crippen LogP contribution in [0.25, 0.3) is 0 Å². The van der Waals surface area contributed by atoms with Gasteiger partial charge in [-0.15, -0.1) is 0 Å². The first-order valence-electron chi connectivity index (χ1n) is 5.59. The molecule has 0 radical (unpaired) electrons. The van der Waals surface area contributed by atoms with E-state index in [0.717, 1.165) is 0 Å². The molecule has 1 amide bonds. The van der Waals surface area contributed by atoms with E-state index in [2.05, 4.69) is 5.32 Å². The van der Waals surface area contributed by atoms with E-state index in [1.807, 2.05) is 0 Å². The molecular weight excluding hydrogens is 291 g/mol. The zero-order chi connectivity index (χ0) is 14.6. The highest BCUT2D eigenvalue weighted by atomic mass is 35.5. The lowest BCUT2D eigenvalue weighted by molar-refractivity contribution is -0.116. The van der Waals surface area contributed by atoms with E-state index in [1.165, 1.54) is 12.1 Å². The fraction of sp³-hybridized carbons (Fsp3) is 0.333. The average molecular weight is 305 g/mol. The zero-order valence-corrected chi connectivity index (χ0v) is 11.8. The Balaban J connectivity index is 2.94. The van der Waals surface area contributed by atoms with Gasteiger partial charge in [0, 0.05) is 17.5 Å². The quantitative estimate of drug-likeness (QED) is 0.780. The molecule has 0 aliphatic carbocycles. The van der Waals surface area contributed by atoms with E-state index in [0.29, 0.717) is 6.42 Å². The molecular formula is C12H14Cl2N2O3. The highest BCUT2D eigenvalue weighted by Crippen LogP contribution is 2.30. The Bertz CT molecular complexity index is 504. The summed E-state index contributed by atoms with van der Waals surface area (Å²) >= 11 is 11.6. The molecule has 0 aliphatic heterocycles. The Labute approximate surface area is 120 Å². The van der Waals surface area contributed by atoms with E-state index in [1.54, 1.807) is 6.92 Å². The predicted octanol–water partition coefficient (Wildman–Crippen LogP) is 2.76. The highest BCUT2D eigenvalue weighted by Gasteiger charge is 2.17. The maximum atomic E-state index is 11.7. The number of hydrogen-bond acceptors (Lipinski definition) is 3. The summed E-state index contributed by atoms with van der Waals surface area (Å²) in [6, 6.07) is 2.50. The van der Waals surface area contributed by atoms with Crippen molar-refractivity contribution in [3.05, 3.63) is 27.7 Å². The number of nitrogens with two attached hydrogens (primary N) is 1. The van der Waals surface area contributed by atoms with Crippen LogP contribution in [0.4, 0.5) is 5.69 Å². The SMILES string of the molecule is CC(N)CCC(=O)Nc1c(Cl)cc(Cl)cc1C(=O)O. The first-order chi connectivity index (χ1) is 8.81. The second-order valence-corrected chi connectivity index (χ2v) is 5.02. The largest absolute Gasteiger partial charge is 0.478 e. The predicted molar refractivity (Wildman–Crippen MR) is 74.9 cm³/mol. The van der Waals surface area contributed by atoms with Crippen molar-refractivity contribution in [1.29, 1.82) is 0 Å². The van der Waals surface area contributed by atoms with E-state index in [9.17, 15) is 9.59 Å². The monoisotopic (exact) mass is 304 g/mol. The zero-order valence-electron chi connectivity index (χ0n) is 10.2. The second-order valence-electron chi connectivity index (χ2n) is 4.18. The van der Waals surface area contributed by atoms with Gasteiger partial charge in [-0.05, 0) is 25.5 Å². The van der Waals surface area contributed by atoms with Crippen LogP contribution in [0.1, 0.15) is 30.1 Å². The van der Waals surface area contributed by atoms with E-state index in [-0.39, 0.29) is 39.7 Å². The number of benzene rings is 1. The topological polar surface area (TPSA) is 92.4 Å².